The Kier molecular flexibility index (Phi) is 6.36. The number of nitrogens with one attached hydrogen (secondary N) is 1. The monoisotopic (exact) mass is 466 g/mol. The Labute approximate surface area is 198 Å². The highest BCUT2D eigenvalue weighted by Gasteiger charge is 2.44. The number of carboxylic acids is 1. The van der Waals surface area contributed by atoms with Crippen LogP contribution in [0.3, 0.4) is 0 Å². The molecule has 0 spiro atoms. The lowest BCUT2D eigenvalue weighted by Gasteiger charge is -2.34. The minimum atomic E-state index is -1.18. The minimum Gasteiger partial charge on any atom is -0.480 e. The molecule has 8 nitrogen and oxygen atoms in total. The molecule has 2 amide bonds. The molecule has 2 aromatic rings. The number of ether oxygens (including phenoxy) is 1. The molecule has 3 atom stereocenters. The van der Waals surface area contributed by atoms with Crippen molar-refractivity contribution in [2.24, 2.45) is 5.41 Å². The van der Waals surface area contributed by atoms with Crippen molar-refractivity contribution in [2.75, 3.05) is 13.2 Å². The Morgan fingerprint density at radius 2 is 1.62 bits per heavy atom. The lowest BCUT2D eigenvalue weighted by atomic mass is 9.85. The number of benzene rings is 2. The van der Waals surface area contributed by atoms with Crippen LogP contribution in [0, 0.1) is 5.41 Å². The molecule has 1 fully saturated rings. The maximum Gasteiger partial charge on any atom is 0.407 e. The molecule has 1 saturated heterocycles. The number of likely N-dealkylation sites (tertiary alicyclic amines) is 1. The molecule has 1 aliphatic heterocycles. The third-order valence-corrected chi connectivity index (χ3v) is 6.57. The molecule has 0 aromatic heterocycles. The summed E-state index contributed by atoms with van der Waals surface area (Å²) in [7, 11) is 0. The summed E-state index contributed by atoms with van der Waals surface area (Å²) in [6.45, 7) is 5.35. The number of alkyl carbamates (subject to hydrolysis) is 1. The van der Waals surface area contributed by atoms with E-state index in [-0.39, 0.29) is 25.5 Å². The van der Waals surface area contributed by atoms with Crippen LogP contribution in [0.4, 0.5) is 4.79 Å². The van der Waals surface area contributed by atoms with Gasteiger partial charge in [0.25, 0.3) is 0 Å². The van der Waals surface area contributed by atoms with E-state index in [0.29, 0.717) is 0 Å². The van der Waals surface area contributed by atoms with E-state index in [0.717, 1.165) is 27.2 Å². The van der Waals surface area contributed by atoms with Crippen molar-refractivity contribution in [1.82, 2.24) is 10.2 Å². The second-order valence-corrected chi connectivity index (χ2v) is 10.0. The number of nitrogens with zero attached hydrogens (tertiary/aromatic N) is 1. The van der Waals surface area contributed by atoms with Gasteiger partial charge < -0.3 is 25.2 Å². The molecular weight excluding hydrogens is 436 g/mol. The molecule has 0 radical (unpaired) electrons. The number of hydrogen-bond donors (Lipinski definition) is 3. The van der Waals surface area contributed by atoms with Gasteiger partial charge in [-0.1, -0.05) is 69.3 Å². The fourth-order valence-corrected chi connectivity index (χ4v) is 4.86. The number of aliphatic hydroxyl groups is 1. The van der Waals surface area contributed by atoms with Gasteiger partial charge in [0.2, 0.25) is 5.91 Å². The third-order valence-electron chi connectivity index (χ3n) is 6.57. The highest BCUT2D eigenvalue weighted by molar-refractivity contribution is 5.90. The lowest BCUT2D eigenvalue weighted by Crippen LogP contribution is -2.57. The molecule has 0 bridgehead atoms. The highest BCUT2D eigenvalue weighted by Crippen LogP contribution is 2.44. The first kappa shape index (κ1) is 23.8. The van der Waals surface area contributed by atoms with E-state index < -0.39 is 41.6 Å². The molecule has 0 unspecified atom stereocenters. The second-order valence-electron chi connectivity index (χ2n) is 10.0. The minimum absolute atomic E-state index is 0.0388. The number of aliphatic carboxylic acids is 1. The van der Waals surface area contributed by atoms with Gasteiger partial charge in [-0.25, -0.2) is 9.59 Å². The zero-order valence-electron chi connectivity index (χ0n) is 19.5. The van der Waals surface area contributed by atoms with E-state index >= 15 is 0 Å². The van der Waals surface area contributed by atoms with Crippen molar-refractivity contribution in [3.63, 3.8) is 0 Å². The Morgan fingerprint density at radius 3 is 2.15 bits per heavy atom. The number of rotatable bonds is 5. The van der Waals surface area contributed by atoms with Gasteiger partial charge in [-0.05, 0) is 27.7 Å². The predicted molar refractivity (Wildman–Crippen MR) is 125 cm³/mol. The van der Waals surface area contributed by atoms with Crippen molar-refractivity contribution in [3.05, 3.63) is 59.7 Å². The molecule has 2 aromatic carbocycles. The fourth-order valence-electron chi connectivity index (χ4n) is 4.86. The van der Waals surface area contributed by atoms with Crippen LogP contribution in [0.1, 0.15) is 44.2 Å². The first-order valence-electron chi connectivity index (χ1n) is 11.4. The summed E-state index contributed by atoms with van der Waals surface area (Å²) < 4.78 is 5.59. The average molecular weight is 467 g/mol. The van der Waals surface area contributed by atoms with E-state index in [9.17, 15) is 24.6 Å². The van der Waals surface area contributed by atoms with Gasteiger partial charge in [0, 0.05) is 18.9 Å². The summed E-state index contributed by atoms with van der Waals surface area (Å²) >= 11 is 0. The molecule has 2 aliphatic rings. The van der Waals surface area contributed by atoms with Crippen LogP contribution in [-0.2, 0) is 14.3 Å². The van der Waals surface area contributed by atoms with Crippen LogP contribution in [0.25, 0.3) is 11.1 Å². The van der Waals surface area contributed by atoms with Crippen molar-refractivity contribution in [1.29, 1.82) is 0 Å². The van der Waals surface area contributed by atoms with Gasteiger partial charge in [0.1, 0.15) is 18.7 Å². The van der Waals surface area contributed by atoms with Crippen LogP contribution >= 0.6 is 0 Å². The Hall–Kier alpha value is -3.39. The van der Waals surface area contributed by atoms with Gasteiger partial charge in [0.05, 0.1) is 6.10 Å². The molecule has 1 aliphatic carbocycles. The summed E-state index contributed by atoms with van der Waals surface area (Å²) in [5, 5.41) is 22.0. The molecule has 0 saturated carbocycles. The molecular formula is C26H30N2O6. The normalized spacial score (nSPS) is 20.4. The van der Waals surface area contributed by atoms with Gasteiger partial charge >= 0.3 is 12.1 Å². The number of amides is 2. The predicted octanol–water partition coefficient (Wildman–Crippen LogP) is 2.99. The Balaban J connectivity index is 1.48. The van der Waals surface area contributed by atoms with Crippen LogP contribution < -0.4 is 5.32 Å². The first-order valence-corrected chi connectivity index (χ1v) is 11.4. The van der Waals surface area contributed by atoms with Crippen molar-refractivity contribution >= 4 is 18.0 Å². The third kappa shape index (κ3) is 4.50. The zero-order valence-corrected chi connectivity index (χ0v) is 19.5. The van der Waals surface area contributed by atoms with Crippen molar-refractivity contribution in [2.45, 2.75) is 51.3 Å². The van der Waals surface area contributed by atoms with Crippen LogP contribution in [0.15, 0.2) is 48.5 Å². The summed E-state index contributed by atoms with van der Waals surface area (Å²) in [6.07, 6.45) is -1.70. The van der Waals surface area contributed by atoms with Gasteiger partial charge in [-0.2, -0.15) is 0 Å². The number of aliphatic hydroxyl groups excluding tert-OH is 1. The summed E-state index contributed by atoms with van der Waals surface area (Å²) in [5.74, 6) is -1.85. The summed E-state index contributed by atoms with van der Waals surface area (Å²) in [4.78, 5) is 38.8. The number of β-amino-alcohol motifs (C(OH)–C–C–N with tert-alkyl or cyclic N) is 1. The fraction of sp³-hybridized carbons (Fsp3) is 0.423. The van der Waals surface area contributed by atoms with Gasteiger partial charge in [0.15, 0.2) is 0 Å². The SMILES string of the molecule is CC(C)(C)[C@H](NC(=O)OCC1c2ccccc2-c2ccccc21)C(=O)N1C[C@H](O)C[C@H]1C(=O)O. The molecule has 1 heterocycles. The molecule has 34 heavy (non-hydrogen) atoms. The lowest BCUT2D eigenvalue weighted by molar-refractivity contribution is -0.150. The number of carboxylic acid groups (broad SMARTS) is 1. The van der Waals surface area contributed by atoms with E-state index in [1.165, 1.54) is 0 Å². The first-order chi connectivity index (χ1) is 16.1. The van der Waals surface area contributed by atoms with Gasteiger partial charge in [-0.3, -0.25) is 4.79 Å². The Bertz CT molecular complexity index is 1060. The summed E-state index contributed by atoms with van der Waals surface area (Å²) in [5.41, 5.74) is 3.68. The van der Waals surface area contributed by atoms with Crippen molar-refractivity contribution in [3.8, 4) is 11.1 Å². The largest absolute Gasteiger partial charge is 0.480 e. The number of carbonyl (C=O) groups excluding carboxylic acids is 2. The van der Waals surface area contributed by atoms with Crippen LogP contribution in [0.2, 0.25) is 0 Å². The maximum atomic E-state index is 13.3. The number of hydrogen-bond acceptors (Lipinski definition) is 5. The highest BCUT2D eigenvalue weighted by atomic mass is 16.5. The summed E-state index contributed by atoms with van der Waals surface area (Å²) in [6, 6.07) is 13.9. The average Bonchev–Trinajstić information content (AvgIpc) is 3.33. The van der Waals surface area contributed by atoms with E-state index in [4.69, 9.17) is 4.74 Å². The smallest absolute Gasteiger partial charge is 0.407 e. The van der Waals surface area contributed by atoms with Crippen LogP contribution in [0.5, 0.6) is 0 Å². The van der Waals surface area contributed by atoms with Crippen LogP contribution in [-0.4, -0.2) is 64.4 Å². The quantitative estimate of drug-likeness (QED) is 0.624. The van der Waals surface area contributed by atoms with E-state index in [1.807, 2.05) is 48.5 Å². The molecule has 180 valence electrons. The number of fused-ring (bicyclic) bond motifs is 3. The van der Waals surface area contributed by atoms with E-state index in [2.05, 4.69) is 5.32 Å². The molecule has 4 rings (SSSR count). The second kappa shape index (κ2) is 9.10. The van der Waals surface area contributed by atoms with E-state index in [1.54, 1.807) is 20.8 Å². The topological polar surface area (TPSA) is 116 Å². The van der Waals surface area contributed by atoms with Gasteiger partial charge in [-0.15, -0.1) is 0 Å². The standard InChI is InChI=1S/C26H30N2O6/c1-26(2,3)22(23(30)28-13-15(29)12-21(28)24(31)32)27-25(33)34-14-20-18-10-6-4-8-16(18)17-9-5-7-11-19(17)20/h4-11,15,20-22,29H,12-14H2,1-3H3,(H,27,33)(H,31,32)/t15-,21+,22-/m1/s1. The zero-order chi connectivity index (χ0) is 24.6. The van der Waals surface area contributed by atoms with Crippen molar-refractivity contribution < 1.29 is 29.3 Å². The number of carbonyl (C=O) groups is 3. The Morgan fingerprint density at radius 1 is 1.06 bits per heavy atom. The maximum absolute atomic E-state index is 13.3. The molecule has 8 heteroatoms. The molecule has 3 N–H and O–H groups in total.